The second-order valence-electron chi connectivity index (χ2n) is 4.31. The predicted molar refractivity (Wildman–Crippen MR) is 57.0 cm³/mol. The van der Waals surface area contributed by atoms with Crippen molar-refractivity contribution in [2.24, 2.45) is 11.8 Å². The van der Waals surface area contributed by atoms with Gasteiger partial charge < -0.3 is 5.11 Å². The van der Waals surface area contributed by atoms with E-state index in [1.165, 1.54) is 11.6 Å². The van der Waals surface area contributed by atoms with Crippen LogP contribution in [0.4, 0.5) is 0 Å². The summed E-state index contributed by atoms with van der Waals surface area (Å²) in [5.74, 6) is 0.666. The lowest BCUT2D eigenvalue weighted by Gasteiger charge is -2.16. The Morgan fingerprint density at radius 2 is 2.07 bits per heavy atom. The van der Waals surface area contributed by atoms with Gasteiger partial charge >= 0.3 is 0 Å². The van der Waals surface area contributed by atoms with Crippen molar-refractivity contribution in [2.75, 3.05) is 0 Å². The molecule has 0 radical (unpaired) electrons. The number of carbonyl (C=O) groups is 1. The van der Waals surface area contributed by atoms with Gasteiger partial charge in [-0.25, -0.2) is 0 Å². The molecule has 0 aromatic heterocycles. The Morgan fingerprint density at radius 3 is 2.43 bits per heavy atom. The first-order valence-corrected chi connectivity index (χ1v) is 5.04. The van der Waals surface area contributed by atoms with Crippen LogP contribution in [0.2, 0.25) is 0 Å². The molecule has 0 aromatic carbocycles. The molecule has 1 atom stereocenters. The third kappa shape index (κ3) is 2.06. The molecule has 14 heavy (non-hydrogen) atoms. The predicted octanol–water partition coefficient (Wildman–Crippen LogP) is 3.01. The molecular weight excluding hydrogens is 176 g/mol. The van der Waals surface area contributed by atoms with E-state index in [0.717, 1.165) is 5.57 Å². The van der Waals surface area contributed by atoms with Crippen molar-refractivity contribution in [2.45, 2.75) is 34.1 Å². The SMILES string of the molecule is C/C(=C(\C)C1CC(=O)C=C1O)C(C)C. The van der Waals surface area contributed by atoms with Gasteiger partial charge in [0.2, 0.25) is 0 Å². The molecule has 0 aromatic rings. The van der Waals surface area contributed by atoms with Crippen LogP contribution in [0.25, 0.3) is 0 Å². The lowest BCUT2D eigenvalue weighted by molar-refractivity contribution is -0.114. The summed E-state index contributed by atoms with van der Waals surface area (Å²) in [5.41, 5.74) is 2.41. The van der Waals surface area contributed by atoms with Gasteiger partial charge in [-0.05, 0) is 19.8 Å². The van der Waals surface area contributed by atoms with E-state index in [-0.39, 0.29) is 17.5 Å². The third-order valence-corrected chi connectivity index (χ3v) is 3.08. The highest BCUT2D eigenvalue weighted by atomic mass is 16.3. The number of rotatable bonds is 2. The molecule has 0 aliphatic heterocycles. The number of aliphatic hydroxyl groups is 1. The van der Waals surface area contributed by atoms with Gasteiger partial charge in [-0.2, -0.15) is 0 Å². The van der Waals surface area contributed by atoms with Crippen molar-refractivity contribution in [3.05, 3.63) is 23.0 Å². The monoisotopic (exact) mass is 194 g/mol. The number of aliphatic hydroxyl groups excluding tert-OH is 1. The van der Waals surface area contributed by atoms with Crippen LogP contribution in [0.3, 0.4) is 0 Å². The van der Waals surface area contributed by atoms with E-state index < -0.39 is 0 Å². The Kier molecular flexibility index (Phi) is 3.14. The molecule has 0 saturated carbocycles. The van der Waals surface area contributed by atoms with Gasteiger partial charge in [0.25, 0.3) is 0 Å². The van der Waals surface area contributed by atoms with E-state index in [1.54, 1.807) is 0 Å². The first-order valence-electron chi connectivity index (χ1n) is 5.04. The highest BCUT2D eigenvalue weighted by Crippen LogP contribution is 2.31. The van der Waals surface area contributed by atoms with Crippen LogP contribution >= 0.6 is 0 Å². The zero-order chi connectivity index (χ0) is 10.9. The van der Waals surface area contributed by atoms with Gasteiger partial charge in [0, 0.05) is 18.4 Å². The molecule has 78 valence electrons. The molecule has 0 saturated heterocycles. The maximum atomic E-state index is 11.1. The quantitative estimate of drug-likeness (QED) is 0.686. The van der Waals surface area contributed by atoms with Gasteiger partial charge in [0.05, 0.1) is 0 Å². The van der Waals surface area contributed by atoms with Crippen molar-refractivity contribution in [1.82, 2.24) is 0 Å². The minimum atomic E-state index is -0.0649. The molecule has 0 amide bonds. The molecule has 0 bridgehead atoms. The lowest BCUT2D eigenvalue weighted by atomic mass is 9.90. The molecule has 0 fully saturated rings. The molecule has 0 spiro atoms. The molecule has 1 unspecified atom stereocenters. The average Bonchev–Trinajstić information content (AvgIpc) is 2.42. The molecule has 1 rings (SSSR count). The zero-order valence-electron chi connectivity index (χ0n) is 9.29. The Morgan fingerprint density at radius 1 is 1.50 bits per heavy atom. The van der Waals surface area contributed by atoms with E-state index in [2.05, 4.69) is 20.8 Å². The van der Waals surface area contributed by atoms with Crippen molar-refractivity contribution in [3.63, 3.8) is 0 Å². The smallest absolute Gasteiger partial charge is 0.160 e. The van der Waals surface area contributed by atoms with Crippen LogP contribution in [0.5, 0.6) is 0 Å². The topological polar surface area (TPSA) is 37.3 Å². The fraction of sp³-hybridized carbons (Fsp3) is 0.583. The number of allylic oxidation sites excluding steroid dienone is 3. The van der Waals surface area contributed by atoms with Gasteiger partial charge in [-0.15, -0.1) is 0 Å². The van der Waals surface area contributed by atoms with Crippen LogP contribution in [0.1, 0.15) is 34.1 Å². The number of hydrogen-bond donors (Lipinski definition) is 1. The molecule has 1 aliphatic rings. The van der Waals surface area contributed by atoms with Gasteiger partial charge in [-0.1, -0.05) is 25.0 Å². The van der Waals surface area contributed by atoms with E-state index in [1.807, 2.05) is 6.92 Å². The summed E-state index contributed by atoms with van der Waals surface area (Å²) >= 11 is 0. The summed E-state index contributed by atoms with van der Waals surface area (Å²) in [4.78, 5) is 11.1. The highest BCUT2D eigenvalue weighted by molar-refractivity contribution is 5.93. The average molecular weight is 194 g/mol. The third-order valence-electron chi connectivity index (χ3n) is 3.08. The fourth-order valence-electron chi connectivity index (χ4n) is 1.74. The molecular formula is C12H18O2. The normalized spacial score (nSPS) is 23.9. The van der Waals surface area contributed by atoms with Crippen LogP contribution in [-0.2, 0) is 4.79 Å². The summed E-state index contributed by atoms with van der Waals surface area (Å²) in [6, 6.07) is 0. The second-order valence-corrected chi connectivity index (χ2v) is 4.31. The van der Waals surface area contributed by atoms with Crippen molar-refractivity contribution in [3.8, 4) is 0 Å². The summed E-state index contributed by atoms with van der Waals surface area (Å²) in [6.07, 6.45) is 1.78. The summed E-state index contributed by atoms with van der Waals surface area (Å²) in [7, 11) is 0. The van der Waals surface area contributed by atoms with Gasteiger partial charge in [0.1, 0.15) is 5.76 Å². The fourth-order valence-corrected chi connectivity index (χ4v) is 1.74. The molecule has 0 heterocycles. The first-order chi connectivity index (χ1) is 6.43. The van der Waals surface area contributed by atoms with Crippen molar-refractivity contribution >= 4 is 5.78 Å². The van der Waals surface area contributed by atoms with Gasteiger partial charge in [-0.3, -0.25) is 4.79 Å². The summed E-state index contributed by atoms with van der Waals surface area (Å²) in [5, 5.41) is 9.57. The van der Waals surface area contributed by atoms with E-state index in [0.29, 0.717) is 12.3 Å². The number of carbonyl (C=O) groups excluding carboxylic acids is 1. The van der Waals surface area contributed by atoms with E-state index in [9.17, 15) is 9.90 Å². The first kappa shape index (κ1) is 11.0. The summed E-state index contributed by atoms with van der Waals surface area (Å²) < 4.78 is 0. The lowest BCUT2D eigenvalue weighted by Crippen LogP contribution is -2.07. The molecule has 1 N–H and O–H groups in total. The zero-order valence-corrected chi connectivity index (χ0v) is 9.29. The molecule has 2 nitrogen and oxygen atoms in total. The second kappa shape index (κ2) is 3.99. The molecule has 2 heteroatoms. The van der Waals surface area contributed by atoms with Crippen LogP contribution in [-0.4, -0.2) is 10.9 Å². The summed E-state index contributed by atoms with van der Waals surface area (Å²) in [6.45, 7) is 8.31. The van der Waals surface area contributed by atoms with Crippen LogP contribution in [0, 0.1) is 11.8 Å². The number of ketones is 1. The largest absolute Gasteiger partial charge is 0.512 e. The Hall–Kier alpha value is -1.05. The standard InChI is InChI=1S/C12H18O2/c1-7(2)8(3)9(4)11-5-10(13)6-12(11)14/h6-7,11,14H,5H2,1-4H3/b9-8-. The van der Waals surface area contributed by atoms with Gasteiger partial charge in [0.15, 0.2) is 5.78 Å². The maximum Gasteiger partial charge on any atom is 0.160 e. The van der Waals surface area contributed by atoms with Crippen LogP contribution in [0.15, 0.2) is 23.0 Å². The van der Waals surface area contributed by atoms with Crippen LogP contribution < -0.4 is 0 Å². The number of hydrogen-bond acceptors (Lipinski definition) is 2. The molecule has 1 aliphatic carbocycles. The maximum absolute atomic E-state index is 11.1. The highest BCUT2D eigenvalue weighted by Gasteiger charge is 2.26. The Labute approximate surface area is 85.3 Å². The minimum absolute atomic E-state index is 0.0309. The Balaban J connectivity index is 2.92. The van der Waals surface area contributed by atoms with E-state index >= 15 is 0 Å². The van der Waals surface area contributed by atoms with Crippen molar-refractivity contribution in [1.29, 1.82) is 0 Å². The minimum Gasteiger partial charge on any atom is -0.512 e. The van der Waals surface area contributed by atoms with Crippen molar-refractivity contribution < 1.29 is 9.90 Å². The van der Waals surface area contributed by atoms with E-state index in [4.69, 9.17) is 0 Å². The Bertz CT molecular complexity index is 308.